The number of rotatable bonds is 5. The first-order chi connectivity index (χ1) is 16.1. The molecule has 4 rings (SSSR count). The largest absolute Gasteiger partial charge is 0.363 e. The van der Waals surface area contributed by atoms with E-state index < -0.39 is 16.3 Å². The van der Waals surface area contributed by atoms with Crippen LogP contribution in [-0.2, 0) is 16.9 Å². The van der Waals surface area contributed by atoms with Crippen LogP contribution in [0.5, 0.6) is 0 Å². The summed E-state index contributed by atoms with van der Waals surface area (Å²) in [7, 11) is -1.46. The van der Waals surface area contributed by atoms with Gasteiger partial charge in [0.05, 0.1) is 22.9 Å². The second kappa shape index (κ2) is 9.40. The summed E-state index contributed by atoms with van der Waals surface area (Å²) < 4.78 is 52.3. The molecule has 10 heteroatoms. The molecule has 0 amide bonds. The Morgan fingerprint density at radius 1 is 1.15 bits per heavy atom. The first kappa shape index (κ1) is 24.3. The van der Waals surface area contributed by atoms with Crippen LogP contribution in [0.25, 0.3) is 11.0 Å². The summed E-state index contributed by atoms with van der Waals surface area (Å²) in [5, 5.41) is 3.93. The highest BCUT2D eigenvalue weighted by Gasteiger charge is 2.26. The molecule has 0 radical (unpaired) electrons. The summed E-state index contributed by atoms with van der Waals surface area (Å²) in [6.45, 7) is 3.54. The van der Waals surface area contributed by atoms with Crippen molar-refractivity contribution in [1.29, 1.82) is 0 Å². The zero-order valence-corrected chi connectivity index (χ0v) is 20.2. The van der Waals surface area contributed by atoms with Crippen molar-refractivity contribution in [2.75, 3.05) is 16.8 Å². The molecule has 0 spiro atoms. The minimum atomic E-state index is -3.09. The Kier molecular flexibility index (Phi) is 6.71. The standard InChI is InChI=1S/C24H28F2N4O3S/c1-14-17(7-4-8-18(14)21(25)26)15(2)29-22-20-12-19(16-6-5-10-34(32,33)11-9-16)24(31)30(3)23(20)28-13-27-22/h4,7-8,12-13,15-16,21H,5-6,9-11H2,1-3H3,(H,27,28,29)/t15-,16?/m1/s1. The minimum absolute atomic E-state index is 0.00769. The molecule has 1 aliphatic heterocycles. The van der Waals surface area contributed by atoms with Gasteiger partial charge >= 0.3 is 0 Å². The van der Waals surface area contributed by atoms with E-state index in [-0.39, 0.29) is 34.6 Å². The van der Waals surface area contributed by atoms with Crippen molar-refractivity contribution in [2.24, 2.45) is 7.05 Å². The highest BCUT2D eigenvalue weighted by molar-refractivity contribution is 7.91. The molecule has 3 heterocycles. The van der Waals surface area contributed by atoms with E-state index in [1.807, 2.05) is 6.92 Å². The first-order valence-corrected chi connectivity index (χ1v) is 13.1. The first-order valence-electron chi connectivity index (χ1n) is 11.3. The van der Waals surface area contributed by atoms with Crippen LogP contribution in [0.3, 0.4) is 0 Å². The van der Waals surface area contributed by atoms with Gasteiger partial charge in [-0.25, -0.2) is 27.2 Å². The van der Waals surface area contributed by atoms with Crippen LogP contribution in [0, 0.1) is 6.92 Å². The molecule has 7 nitrogen and oxygen atoms in total. The van der Waals surface area contributed by atoms with Crippen molar-refractivity contribution in [3.8, 4) is 0 Å². The smallest absolute Gasteiger partial charge is 0.264 e. The number of alkyl halides is 2. The molecule has 2 atom stereocenters. The Bertz CT molecular complexity index is 1390. The summed E-state index contributed by atoms with van der Waals surface area (Å²) in [4.78, 5) is 21.8. The lowest BCUT2D eigenvalue weighted by Gasteiger charge is -2.21. The van der Waals surface area contributed by atoms with Crippen molar-refractivity contribution < 1.29 is 17.2 Å². The van der Waals surface area contributed by atoms with E-state index in [0.717, 1.165) is 5.56 Å². The molecule has 1 fully saturated rings. The Balaban J connectivity index is 1.75. The van der Waals surface area contributed by atoms with E-state index in [4.69, 9.17) is 0 Å². The van der Waals surface area contributed by atoms with Crippen molar-refractivity contribution in [3.05, 3.63) is 63.2 Å². The average Bonchev–Trinajstić information content (AvgIpc) is 2.96. The number of anilines is 1. The van der Waals surface area contributed by atoms with Gasteiger partial charge in [-0.05, 0) is 56.2 Å². The molecule has 0 bridgehead atoms. The summed E-state index contributed by atoms with van der Waals surface area (Å²) in [6.07, 6.45) is 0.327. The third kappa shape index (κ3) is 4.68. The van der Waals surface area contributed by atoms with Crippen LogP contribution in [0.4, 0.5) is 14.6 Å². The minimum Gasteiger partial charge on any atom is -0.363 e. The van der Waals surface area contributed by atoms with E-state index in [9.17, 15) is 22.0 Å². The van der Waals surface area contributed by atoms with E-state index in [2.05, 4.69) is 15.3 Å². The molecule has 1 aromatic carbocycles. The molecule has 1 aliphatic rings. The number of aromatic nitrogens is 3. The Labute approximate surface area is 197 Å². The van der Waals surface area contributed by atoms with E-state index in [1.54, 1.807) is 32.2 Å². The van der Waals surface area contributed by atoms with Crippen molar-refractivity contribution in [1.82, 2.24) is 14.5 Å². The SMILES string of the molecule is Cc1c(C(F)F)cccc1[C@@H](C)Nc1ncnc2c1cc(C1CCCS(=O)(=O)CC1)c(=O)n2C. The quantitative estimate of drug-likeness (QED) is 0.569. The predicted molar refractivity (Wildman–Crippen MR) is 128 cm³/mol. The van der Waals surface area contributed by atoms with Crippen LogP contribution >= 0.6 is 0 Å². The fraction of sp³-hybridized carbons (Fsp3) is 0.458. The number of hydrogen-bond donors (Lipinski definition) is 1. The number of halogens is 2. The fourth-order valence-electron chi connectivity index (χ4n) is 4.79. The Morgan fingerprint density at radius 2 is 1.88 bits per heavy atom. The van der Waals surface area contributed by atoms with Crippen LogP contribution in [0.15, 0.2) is 35.4 Å². The Morgan fingerprint density at radius 3 is 2.62 bits per heavy atom. The van der Waals surface area contributed by atoms with Crippen LogP contribution in [0.2, 0.25) is 0 Å². The van der Waals surface area contributed by atoms with Gasteiger partial charge in [0.1, 0.15) is 27.6 Å². The maximum Gasteiger partial charge on any atom is 0.264 e. The molecule has 1 unspecified atom stereocenters. The van der Waals surface area contributed by atoms with Gasteiger partial charge in [-0.15, -0.1) is 0 Å². The van der Waals surface area contributed by atoms with Gasteiger partial charge in [-0.3, -0.25) is 9.36 Å². The molecule has 182 valence electrons. The molecule has 34 heavy (non-hydrogen) atoms. The van der Waals surface area contributed by atoms with Gasteiger partial charge in [-0.2, -0.15) is 0 Å². The molecule has 1 saturated heterocycles. The maximum atomic E-state index is 13.4. The van der Waals surface area contributed by atoms with E-state index in [0.29, 0.717) is 47.2 Å². The van der Waals surface area contributed by atoms with Gasteiger partial charge in [0, 0.05) is 18.2 Å². The van der Waals surface area contributed by atoms with Crippen LogP contribution < -0.4 is 10.9 Å². The molecule has 2 aromatic heterocycles. The summed E-state index contributed by atoms with van der Waals surface area (Å²) in [6, 6.07) is 6.26. The van der Waals surface area contributed by atoms with E-state index >= 15 is 0 Å². The van der Waals surface area contributed by atoms with Crippen molar-refractivity contribution in [3.63, 3.8) is 0 Å². The zero-order valence-electron chi connectivity index (χ0n) is 19.4. The third-order valence-corrected chi connectivity index (χ3v) is 8.50. The number of pyridine rings is 1. The zero-order chi connectivity index (χ0) is 24.6. The van der Waals surface area contributed by atoms with Crippen molar-refractivity contribution in [2.45, 2.75) is 51.5 Å². The topological polar surface area (TPSA) is 94.0 Å². The van der Waals surface area contributed by atoms with Crippen LogP contribution in [0.1, 0.15) is 66.8 Å². The number of nitrogens with one attached hydrogen (secondary N) is 1. The number of hydrogen-bond acceptors (Lipinski definition) is 6. The third-order valence-electron chi connectivity index (χ3n) is 6.73. The van der Waals surface area contributed by atoms with Crippen molar-refractivity contribution >= 4 is 26.7 Å². The molecule has 0 saturated carbocycles. The van der Waals surface area contributed by atoms with Gasteiger partial charge in [-0.1, -0.05) is 18.2 Å². The summed E-state index contributed by atoms with van der Waals surface area (Å²) >= 11 is 0. The maximum absolute atomic E-state index is 13.4. The van der Waals surface area contributed by atoms with E-state index in [1.165, 1.54) is 17.0 Å². The Hall–Kier alpha value is -2.88. The fourth-order valence-corrected chi connectivity index (χ4v) is 6.24. The molecule has 0 aliphatic carbocycles. The van der Waals surface area contributed by atoms with Gasteiger partial charge < -0.3 is 5.32 Å². The number of benzene rings is 1. The van der Waals surface area contributed by atoms with Gasteiger partial charge in [0.15, 0.2) is 0 Å². The monoisotopic (exact) mass is 490 g/mol. The van der Waals surface area contributed by atoms with Crippen LogP contribution in [-0.4, -0.2) is 34.5 Å². The lowest BCUT2D eigenvalue weighted by Crippen LogP contribution is -2.25. The summed E-state index contributed by atoms with van der Waals surface area (Å²) in [5.74, 6) is 0.515. The molecular formula is C24H28F2N4O3S. The number of fused-ring (bicyclic) bond motifs is 1. The van der Waals surface area contributed by atoms with Gasteiger partial charge in [0.25, 0.3) is 12.0 Å². The average molecular weight is 491 g/mol. The second-order valence-electron chi connectivity index (χ2n) is 8.93. The lowest BCUT2D eigenvalue weighted by atomic mass is 9.92. The number of nitrogens with zero attached hydrogens (tertiary/aromatic N) is 3. The number of aryl methyl sites for hydroxylation is 1. The second-order valence-corrected chi connectivity index (χ2v) is 11.2. The molecular weight excluding hydrogens is 462 g/mol. The predicted octanol–water partition coefficient (Wildman–Crippen LogP) is 4.43. The highest BCUT2D eigenvalue weighted by atomic mass is 32.2. The normalized spacial score (nSPS) is 19.2. The molecule has 1 N–H and O–H groups in total. The molecule has 3 aromatic rings. The summed E-state index contributed by atoms with van der Waals surface area (Å²) in [5.41, 5.74) is 2.03. The van der Waals surface area contributed by atoms with Gasteiger partial charge in [0.2, 0.25) is 0 Å². The lowest BCUT2D eigenvalue weighted by molar-refractivity contribution is 0.150. The highest BCUT2D eigenvalue weighted by Crippen LogP contribution is 2.32. The number of sulfone groups is 1.